The molecule has 8 atom stereocenters. The van der Waals surface area contributed by atoms with Crippen LogP contribution < -0.4 is 27.0 Å². The molecule has 18 heteroatoms. The summed E-state index contributed by atoms with van der Waals surface area (Å²) in [7, 11) is 0. The van der Waals surface area contributed by atoms with Gasteiger partial charge in [0.2, 0.25) is 29.5 Å². The Kier molecular flexibility index (Phi) is 15.9. The van der Waals surface area contributed by atoms with Crippen molar-refractivity contribution in [3.05, 3.63) is 65.7 Å². The van der Waals surface area contributed by atoms with E-state index in [2.05, 4.69) is 21.3 Å². The standard InChI is InChI=1S/C36H48N6O12/c1-19(43)29(40-32(49)26(18-22-10-12-23(45)13-11-22)39-31(48)24(37)17-21-7-4-3-5-8-21)34(51)38-25(14-15-28(46)47)35(52)42-16-6-9-27(42)33(50)41-30(20(2)44)36(53)54/h3-5,7-8,10-13,19-20,24-27,29-30,43-45H,6,9,14-18,37H2,1-2H3,(H,38,51)(H,39,48)(H,40,49)(H,41,50)(H,46,47)(H,53,54)/t19-,20-,24+,25+,26+,27+,29+,30+/m1/s1. The highest BCUT2D eigenvalue weighted by molar-refractivity contribution is 5.97. The van der Waals surface area contributed by atoms with E-state index < -0.39 is 103 Å². The highest BCUT2D eigenvalue weighted by Crippen LogP contribution is 2.21. The number of phenolic OH excluding ortho intramolecular Hbond substituents is 1. The maximum absolute atomic E-state index is 13.8. The van der Waals surface area contributed by atoms with Gasteiger partial charge in [-0.3, -0.25) is 28.8 Å². The molecule has 0 unspecified atom stereocenters. The van der Waals surface area contributed by atoms with Crippen LogP contribution in [0.5, 0.6) is 5.75 Å². The van der Waals surface area contributed by atoms with Gasteiger partial charge >= 0.3 is 11.9 Å². The van der Waals surface area contributed by atoms with Crippen molar-refractivity contribution in [2.45, 2.75) is 101 Å². The Morgan fingerprint density at radius 2 is 1.35 bits per heavy atom. The number of nitrogens with one attached hydrogen (secondary N) is 4. The molecule has 3 rings (SSSR count). The maximum atomic E-state index is 13.8. The summed E-state index contributed by atoms with van der Waals surface area (Å²) in [5, 5.41) is 58.4. The van der Waals surface area contributed by atoms with Gasteiger partial charge < -0.3 is 57.4 Å². The Morgan fingerprint density at radius 3 is 1.93 bits per heavy atom. The van der Waals surface area contributed by atoms with Gasteiger partial charge in [-0.15, -0.1) is 0 Å². The molecule has 18 nitrogen and oxygen atoms in total. The van der Waals surface area contributed by atoms with E-state index in [0.29, 0.717) is 12.0 Å². The Hall–Kier alpha value is -5.59. The molecule has 11 N–H and O–H groups in total. The first kappa shape index (κ1) is 42.8. The van der Waals surface area contributed by atoms with Crippen LogP contribution in [0.3, 0.4) is 0 Å². The van der Waals surface area contributed by atoms with Crippen LogP contribution in [0.4, 0.5) is 0 Å². The summed E-state index contributed by atoms with van der Waals surface area (Å²) in [6, 6.07) is 6.11. The molecule has 0 aliphatic carbocycles. The van der Waals surface area contributed by atoms with Gasteiger partial charge in [-0.05, 0) is 62.8 Å². The molecule has 1 aliphatic rings. The first-order chi connectivity index (χ1) is 25.5. The average molecular weight is 757 g/mol. The number of carboxylic acid groups (broad SMARTS) is 2. The van der Waals surface area contributed by atoms with Crippen LogP contribution in [0.15, 0.2) is 54.6 Å². The zero-order valence-corrected chi connectivity index (χ0v) is 29.9. The monoisotopic (exact) mass is 756 g/mol. The topological polar surface area (TPSA) is 298 Å². The lowest BCUT2D eigenvalue weighted by atomic mass is 10.0. The molecule has 2 aromatic rings. The maximum Gasteiger partial charge on any atom is 0.328 e. The third kappa shape index (κ3) is 12.5. The molecule has 1 heterocycles. The Morgan fingerprint density at radius 1 is 0.759 bits per heavy atom. The molecular weight excluding hydrogens is 708 g/mol. The quantitative estimate of drug-likeness (QED) is 0.0754. The van der Waals surface area contributed by atoms with Crippen LogP contribution in [0, 0.1) is 0 Å². The Balaban J connectivity index is 1.81. The molecule has 1 fully saturated rings. The molecule has 0 spiro atoms. The van der Waals surface area contributed by atoms with Crippen LogP contribution >= 0.6 is 0 Å². The number of nitrogens with zero attached hydrogens (tertiary/aromatic N) is 1. The number of benzene rings is 2. The van der Waals surface area contributed by atoms with Gasteiger partial charge in [0.1, 0.15) is 29.9 Å². The smallest absolute Gasteiger partial charge is 0.328 e. The number of carbonyl (C=O) groups is 7. The third-order valence-corrected chi connectivity index (χ3v) is 8.85. The van der Waals surface area contributed by atoms with E-state index in [1.165, 1.54) is 31.2 Å². The summed E-state index contributed by atoms with van der Waals surface area (Å²) in [4.78, 5) is 91.5. The van der Waals surface area contributed by atoms with Gasteiger partial charge in [0, 0.05) is 19.4 Å². The first-order valence-electron chi connectivity index (χ1n) is 17.4. The van der Waals surface area contributed by atoms with Crippen LogP contribution in [-0.2, 0) is 46.4 Å². The third-order valence-electron chi connectivity index (χ3n) is 8.85. The van der Waals surface area contributed by atoms with E-state index in [0.717, 1.165) is 17.4 Å². The lowest BCUT2D eigenvalue weighted by Gasteiger charge is -2.31. The first-order valence-corrected chi connectivity index (χ1v) is 17.4. The molecule has 0 bridgehead atoms. The van der Waals surface area contributed by atoms with Gasteiger partial charge in [-0.25, -0.2) is 4.79 Å². The van der Waals surface area contributed by atoms with Crippen molar-refractivity contribution in [3.63, 3.8) is 0 Å². The largest absolute Gasteiger partial charge is 0.508 e. The molecule has 54 heavy (non-hydrogen) atoms. The van der Waals surface area contributed by atoms with Crippen molar-refractivity contribution in [3.8, 4) is 5.75 Å². The summed E-state index contributed by atoms with van der Waals surface area (Å²) in [6.45, 7) is 2.35. The molecule has 2 aromatic carbocycles. The number of nitrogens with two attached hydrogens (primary N) is 1. The van der Waals surface area contributed by atoms with Crippen LogP contribution in [0.1, 0.15) is 50.7 Å². The number of amides is 5. The lowest BCUT2D eigenvalue weighted by Crippen LogP contribution is -2.61. The minimum absolute atomic E-state index is 0.00436. The highest BCUT2D eigenvalue weighted by Gasteiger charge is 2.41. The number of likely N-dealkylation sites (tertiary alicyclic amines) is 1. The van der Waals surface area contributed by atoms with Crippen molar-refractivity contribution in [2.75, 3.05) is 6.54 Å². The van der Waals surface area contributed by atoms with Crippen molar-refractivity contribution < 1.29 is 59.1 Å². The number of phenols is 1. The van der Waals surface area contributed by atoms with Crippen LogP contribution in [0.2, 0.25) is 0 Å². The number of aliphatic carboxylic acids is 2. The molecule has 0 radical (unpaired) electrons. The van der Waals surface area contributed by atoms with Gasteiger partial charge in [-0.1, -0.05) is 42.5 Å². The van der Waals surface area contributed by atoms with Gasteiger partial charge in [-0.2, -0.15) is 0 Å². The van der Waals surface area contributed by atoms with Gasteiger partial charge in [0.25, 0.3) is 0 Å². The van der Waals surface area contributed by atoms with Gasteiger partial charge in [0.15, 0.2) is 6.04 Å². The van der Waals surface area contributed by atoms with Crippen molar-refractivity contribution in [1.82, 2.24) is 26.2 Å². The fourth-order valence-corrected chi connectivity index (χ4v) is 5.90. The molecule has 294 valence electrons. The fourth-order valence-electron chi connectivity index (χ4n) is 5.90. The number of hydrogen-bond donors (Lipinski definition) is 10. The fraction of sp³-hybridized carbons (Fsp3) is 0.472. The van der Waals surface area contributed by atoms with Crippen molar-refractivity contribution in [1.29, 1.82) is 0 Å². The summed E-state index contributed by atoms with van der Waals surface area (Å²) in [5.74, 6) is -7.30. The molecular formula is C36H48N6O12. The van der Waals surface area contributed by atoms with E-state index in [9.17, 15) is 59.1 Å². The number of carboxylic acids is 2. The highest BCUT2D eigenvalue weighted by atomic mass is 16.4. The SMILES string of the molecule is C[C@@H](O)[C@H](NC(=O)[C@@H]1CCCN1C(=O)[C@H](CCC(=O)O)NC(=O)[C@@H](NC(=O)[C@H](Cc1ccc(O)cc1)NC(=O)[C@@H](N)Cc1ccccc1)[C@@H](C)O)C(=O)O. The van der Waals surface area contributed by atoms with Gasteiger partial charge in [0.05, 0.1) is 18.2 Å². The molecule has 0 saturated carbocycles. The van der Waals surface area contributed by atoms with Crippen molar-refractivity contribution in [2.24, 2.45) is 5.73 Å². The number of aliphatic hydroxyl groups is 2. The van der Waals surface area contributed by atoms with E-state index in [-0.39, 0.29) is 31.6 Å². The lowest BCUT2D eigenvalue weighted by molar-refractivity contribution is -0.147. The summed E-state index contributed by atoms with van der Waals surface area (Å²) in [6.07, 6.45) is -3.65. The van der Waals surface area contributed by atoms with E-state index in [1.807, 2.05) is 0 Å². The Labute approximate surface area is 311 Å². The second-order valence-electron chi connectivity index (χ2n) is 13.2. The second-order valence-corrected chi connectivity index (χ2v) is 13.2. The minimum atomic E-state index is -1.73. The predicted molar refractivity (Wildman–Crippen MR) is 190 cm³/mol. The zero-order chi connectivity index (χ0) is 40.1. The number of rotatable bonds is 19. The molecule has 0 aromatic heterocycles. The Bertz CT molecular complexity index is 1640. The number of hydrogen-bond acceptors (Lipinski definition) is 11. The molecule has 1 saturated heterocycles. The second kappa shape index (κ2) is 20.0. The van der Waals surface area contributed by atoms with Crippen molar-refractivity contribution >= 4 is 41.5 Å². The van der Waals surface area contributed by atoms with E-state index >= 15 is 0 Å². The zero-order valence-electron chi connectivity index (χ0n) is 29.9. The summed E-state index contributed by atoms with van der Waals surface area (Å²) in [5.41, 5.74) is 7.43. The number of carbonyl (C=O) groups excluding carboxylic acids is 5. The molecule has 1 aliphatic heterocycles. The number of aromatic hydroxyl groups is 1. The molecule has 5 amide bonds. The minimum Gasteiger partial charge on any atom is -0.508 e. The summed E-state index contributed by atoms with van der Waals surface area (Å²) < 4.78 is 0. The predicted octanol–water partition coefficient (Wildman–Crippen LogP) is -1.85. The average Bonchev–Trinajstić information content (AvgIpc) is 3.61. The van der Waals surface area contributed by atoms with Crippen LogP contribution in [0.25, 0.3) is 0 Å². The van der Waals surface area contributed by atoms with Crippen LogP contribution in [-0.4, -0.2) is 127 Å². The summed E-state index contributed by atoms with van der Waals surface area (Å²) >= 11 is 0. The van der Waals surface area contributed by atoms with E-state index in [1.54, 1.807) is 30.3 Å². The van der Waals surface area contributed by atoms with E-state index in [4.69, 9.17) is 5.73 Å². The number of aliphatic hydroxyl groups excluding tert-OH is 2. The normalized spacial score (nSPS) is 17.8.